The second kappa shape index (κ2) is 8.57. The third-order valence-electron chi connectivity index (χ3n) is 6.62. The second-order valence-corrected chi connectivity index (χ2v) is 9.06. The fraction of sp³-hybridized carbons (Fsp3) is 0.179. The van der Waals surface area contributed by atoms with Crippen LogP contribution >= 0.6 is 0 Å². The summed E-state index contributed by atoms with van der Waals surface area (Å²) in [5.41, 5.74) is 2.27. The Balaban J connectivity index is 1.41. The van der Waals surface area contributed by atoms with Crippen LogP contribution in [0.5, 0.6) is 11.5 Å². The average Bonchev–Trinajstić information content (AvgIpc) is 3.55. The van der Waals surface area contributed by atoms with Crippen molar-refractivity contribution in [2.24, 2.45) is 0 Å². The van der Waals surface area contributed by atoms with Crippen molar-refractivity contribution in [3.63, 3.8) is 0 Å². The summed E-state index contributed by atoms with van der Waals surface area (Å²) in [5.74, 6) is 0.554. The number of ether oxygens (including phenoxy) is 2. The maximum Gasteiger partial charge on any atom is 0.277 e. The third kappa shape index (κ3) is 3.67. The number of rotatable bonds is 5. The maximum absolute atomic E-state index is 14.0. The Morgan fingerprint density at radius 3 is 2.47 bits per heavy atom. The fourth-order valence-corrected chi connectivity index (χ4v) is 4.73. The van der Waals surface area contributed by atoms with Crippen LogP contribution in [0.4, 0.5) is 5.69 Å². The molecular formula is C28H24N4O4. The number of nitrogens with one attached hydrogen (secondary N) is 1. The van der Waals surface area contributed by atoms with Crippen LogP contribution in [0.25, 0.3) is 11.3 Å². The van der Waals surface area contributed by atoms with Crippen LogP contribution in [0.3, 0.4) is 0 Å². The van der Waals surface area contributed by atoms with Gasteiger partial charge in [0.05, 0.1) is 12.2 Å². The summed E-state index contributed by atoms with van der Waals surface area (Å²) in [5, 5.41) is 7.72. The lowest BCUT2D eigenvalue weighted by molar-refractivity contribution is -0.126. The quantitative estimate of drug-likeness (QED) is 0.467. The highest BCUT2D eigenvalue weighted by Crippen LogP contribution is 2.40. The maximum atomic E-state index is 14.0. The van der Waals surface area contributed by atoms with E-state index in [2.05, 4.69) is 5.32 Å². The lowest BCUT2D eigenvalue weighted by Crippen LogP contribution is -2.64. The molecule has 3 aromatic carbocycles. The van der Waals surface area contributed by atoms with Crippen molar-refractivity contribution in [2.75, 3.05) is 11.7 Å². The summed E-state index contributed by atoms with van der Waals surface area (Å²) in [6.07, 6.45) is 0. The van der Waals surface area contributed by atoms with E-state index in [-0.39, 0.29) is 25.2 Å². The molecule has 8 heteroatoms. The van der Waals surface area contributed by atoms with E-state index in [0.717, 1.165) is 11.1 Å². The van der Waals surface area contributed by atoms with Gasteiger partial charge in [-0.2, -0.15) is 5.10 Å². The number of benzene rings is 3. The lowest BCUT2D eigenvalue weighted by Gasteiger charge is -2.43. The standard InChI is InChI=1S/C28H24N4O4/c1-28(27(34)29-16-19-8-4-2-5-9-19)17-31-23(15-22(30-31)20-10-6-3-7-11-20)26(33)32(28)21-12-13-24-25(14-21)36-18-35-24/h2-15H,16-18H2,1H3,(H,29,34)/t28-/m0/s1. The van der Waals surface area contributed by atoms with E-state index in [1.165, 1.54) is 0 Å². The molecule has 0 saturated carbocycles. The molecule has 2 aliphatic heterocycles. The van der Waals surface area contributed by atoms with Crippen molar-refractivity contribution >= 4 is 17.5 Å². The van der Waals surface area contributed by atoms with Crippen LogP contribution in [-0.4, -0.2) is 33.9 Å². The summed E-state index contributed by atoms with van der Waals surface area (Å²) in [6, 6.07) is 26.4. The predicted molar refractivity (Wildman–Crippen MR) is 134 cm³/mol. The number of hydrogen-bond acceptors (Lipinski definition) is 5. The van der Waals surface area contributed by atoms with Gasteiger partial charge in [0, 0.05) is 23.9 Å². The second-order valence-electron chi connectivity index (χ2n) is 9.06. The number of hydrogen-bond donors (Lipinski definition) is 1. The number of fused-ring (bicyclic) bond motifs is 2. The Labute approximate surface area is 208 Å². The number of carbonyl (C=O) groups is 2. The molecule has 2 amide bonds. The zero-order valence-corrected chi connectivity index (χ0v) is 19.7. The topological polar surface area (TPSA) is 85.7 Å². The van der Waals surface area contributed by atoms with Crippen molar-refractivity contribution in [3.8, 4) is 22.8 Å². The SMILES string of the molecule is C[C@@]1(C(=O)NCc2ccccc2)Cn2nc(-c3ccccc3)cc2C(=O)N1c1ccc2c(c1)OCO2. The molecule has 4 aromatic rings. The summed E-state index contributed by atoms with van der Waals surface area (Å²) >= 11 is 0. The normalized spacial score (nSPS) is 18.1. The van der Waals surface area contributed by atoms with Gasteiger partial charge in [-0.15, -0.1) is 0 Å². The highest BCUT2D eigenvalue weighted by atomic mass is 16.7. The zero-order valence-electron chi connectivity index (χ0n) is 19.7. The van der Waals surface area contributed by atoms with Gasteiger partial charge in [0.15, 0.2) is 11.5 Å². The van der Waals surface area contributed by atoms with E-state index in [1.807, 2.05) is 60.7 Å². The van der Waals surface area contributed by atoms with Gasteiger partial charge in [-0.25, -0.2) is 0 Å². The van der Waals surface area contributed by atoms with E-state index in [9.17, 15) is 9.59 Å². The minimum atomic E-state index is -1.24. The van der Waals surface area contributed by atoms with Crippen molar-refractivity contribution < 1.29 is 19.1 Å². The van der Waals surface area contributed by atoms with Crippen LogP contribution in [0.2, 0.25) is 0 Å². The third-order valence-corrected chi connectivity index (χ3v) is 6.62. The number of aromatic nitrogens is 2. The molecule has 3 heterocycles. The summed E-state index contributed by atoms with van der Waals surface area (Å²) in [6.45, 7) is 2.42. The highest BCUT2D eigenvalue weighted by Gasteiger charge is 2.49. The molecule has 1 aromatic heterocycles. The fourth-order valence-electron chi connectivity index (χ4n) is 4.73. The van der Waals surface area contributed by atoms with E-state index in [4.69, 9.17) is 14.6 Å². The molecule has 6 rings (SSSR count). The Kier molecular flexibility index (Phi) is 5.21. The molecule has 36 heavy (non-hydrogen) atoms. The Hall–Kier alpha value is -4.59. The average molecular weight is 481 g/mol. The van der Waals surface area contributed by atoms with Crippen LogP contribution in [0.15, 0.2) is 84.9 Å². The molecule has 0 radical (unpaired) electrons. The Morgan fingerprint density at radius 2 is 1.69 bits per heavy atom. The first-order valence-corrected chi connectivity index (χ1v) is 11.7. The molecule has 0 spiro atoms. The van der Waals surface area contributed by atoms with E-state index in [0.29, 0.717) is 35.1 Å². The first-order valence-electron chi connectivity index (χ1n) is 11.7. The molecule has 0 aliphatic carbocycles. The summed E-state index contributed by atoms with van der Waals surface area (Å²) in [4.78, 5) is 29.3. The Morgan fingerprint density at radius 1 is 0.972 bits per heavy atom. The van der Waals surface area contributed by atoms with Crippen LogP contribution in [0.1, 0.15) is 23.0 Å². The molecule has 2 aliphatic rings. The van der Waals surface area contributed by atoms with E-state index >= 15 is 0 Å². The van der Waals surface area contributed by atoms with Gasteiger partial charge in [0.25, 0.3) is 5.91 Å². The van der Waals surface area contributed by atoms with Gasteiger partial charge >= 0.3 is 0 Å². The van der Waals surface area contributed by atoms with Gasteiger partial charge < -0.3 is 14.8 Å². The highest BCUT2D eigenvalue weighted by molar-refractivity contribution is 6.12. The van der Waals surface area contributed by atoms with Crippen molar-refractivity contribution in [3.05, 3.63) is 96.2 Å². The van der Waals surface area contributed by atoms with Crippen molar-refractivity contribution in [1.82, 2.24) is 15.1 Å². The molecule has 180 valence electrons. The minimum absolute atomic E-state index is 0.120. The zero-order chi connectivity index (χ0) is 24.7. The lowest BCUT2D eigenvalue weighted by atomic mass is 9.93. The number of anilines is 1. The molecule has 1 atom stereocenters. The molecule has 0 bridgehead atoms. The summed E-state index contributed by atoms with van der Waals surface area (Å²) < 4.78 is 12.6. The van der Waals surface area contributed by atoms with Crippen LogP contribution in [0, 0.1) is 0 Å². The van der Waals surface area contributed by atoms with Gasteiger partial charge in [0.2, 0.25) is 12.7 Å². The van der Waals surface area contributed by atoms with Crippen LogP contribution in [-0.2, 0) is 17.9 Å². The molecule has 8 nitrogen and oxygen atoms in total. The molecule has 1 N–H and O–H groups in total. The van der Waals surface area contributed by atoms with Gasteiger partial charge in [-0.3, -0.25) is 19.2 Å². The monoisotopic (exact) mass is 480 g/mol. The first-order chi connectivity index (χ1) is 17.5. The van der Waals surface area contributed by atoms with Gasteiger partial charge in [-0.1, -0.05) is 60.7 Å². The van der Waals surface area contributed by atoms with E-state index < -0.39 is 5.54 Å². The van der Waals surface area contributed by atoms with Gasteiger partial charge in [0.1, 0.15) is 11.2 Å². The van der Waals surface area contributed by atoms with Crippen LogP contribution < -0.4 is 19.7 Å². The minimum Gasteiger partial charge on any atom is -0.454 e. The summed E-state index contributed by atoms with van der Waals surface area (Å²) in [7, 11) is 0. The molecule has 0 fully saturated rings. The Bertz CT molecular complexity index is 1450. The first kappa shape index (κ1) is 21.9. The number of carbonyl (C=O) groups excluding carboxylic acids is 2. The van der Waals surface area contributed by atoms with Crippen molar-refractivity contribution in [2.45, 2.75) is 25.6 Å². The molecule has 0 saturated heterocycles. The smallest absolute Gasteiger partial charge is 0.277 e. The van der Waals surface area contributed by atoms with Gasteiger partial charge in [-0.05, 0) is 30.7 Å². The number of amides is 2. The number of nitrogens with zero attached hydrogens (tertiary/aromatic N) is 3. The van der Waals surface area contributed by atoms with E-state index in [1.54, 1.807) is 40.8 Å². The molecular weight excluding hydrogens is 456 g/mol. The predicted octanol–water partition coefficient (Wildman–Crippen LogP) is 4.01. The van der Waals surface area contributed by atoms with Crippen molar-refractivity contribution in [1.29, 1.82) is 0 Å². The molecule has 0 unspecified atom stereocenters. The largest absolute Gasteiger partial charge is 0.454 e.